The lowest BCUT2D eigenvalue weighted by atomic mass is 10.1. The molecule has 6 nitrogen and oxygen atoms in total. The van der Waals surface area contributed by atoms with Gasteiger partial charge in [-0.2, -0.15) is 0 Å². The number of hydrogen-bond donors (Lipinski definition) is 1. The predicted octanol–water partition coefficient (Wildman–Crippen LogP) is 3.78. The zero-order valence-corrected chi connectivity index (χ0v) is 18.1. The van der Waals surface area contributed by atoms with Gasteiger partial charge in [0.05, 0.1) is 11.9 Å². The molecule has 156 valence electrons. The lowest BCUT2D eigenvalue weighted by molar-refractivity contribution is -0.116. The number of amides is 1. The van der Waals surface area contributed by atoms with Gasteiger partial charge in [0.1, 0.15) is 6.04 Å². The van der Waals surface area contributed by atoms with E-state index in [0.29, 0.717) is 11.4 Å². The highest BCUT2D eigenvalue weighted by molar-refractivity contribution is 7.92. The van der Waals surface area contributed by atoms with E-state index in [2.05, 4.69) is 10.2 Å². The molecule has 3 rings (SSSR count). The van der Waals surface area contributed by atoms with Gasteiger partial charge in [-0.15, -0.1) is 0 Å². The number of rotatable bonds is 6. The third kappa shape index (κ3) is 5.29. The quantitative estimate of drug-likeness (QED) is 0.780. The fourth-order valence-corrected chi connectivity index (χ4v) is 4.89. The maximum Gasteiger partial charge on any atom is 0.247 e. The second kappa shape index (κ2) is 8.86. The van der Waals surface area contributed by atoms with Crippen LogP contribution in [0.15, 0.2) is 48.5 Å². The van der Waals surface area contributed by atoms with Crippen molar-refractivity contribution in [1.82, 2.24) is 0 Å². The molecular formula is C22H29N3O3S. The van der Waals surface area contributed by atoms with Gasteiger partial charge in [-0.1, -0.05) is 12.1 Å². The SMILES string of the molecule is Cc1cccc(N(C(C)C(=O)Nc2ccc(N3CCCCC3)cc2)S(C)(=O)=O)c1. The number of carbonyl (C=O) groups is 1. The number of sulfonamides is 1. The summed E-state index contributed by atoms with van der Waals surface area (Å²) in [6, 6.07) is 14.0. The maximum atomic E-state index is 12.8. The zero-order valence-electron chi connectivity index (χ0n) is 17.3. The lowest BCUT2D eigenvalue weighted by Crippen LogP contribution is -2.45. The van der Waals surface area contributed by atoms with E-state index >= 15 is 0 Å². The van der Waals surface area contributed by atoms with Crippen molar-refractivity contribution >= 4 is 33.0 Å². The van der Waals surface area contributed by atoms with Gasteiger partial charge in [0.25, 0.3) is 0 Å². The molecule has 7 heteroatoms. The van der Waals surface area contributed by atoms with E-state index in [1.54, 1.807) is 25.1 Å². The summed E-state index contributed by atoms with van der Waals surface area (Å²) in [7, 11) is -3.63. The standard InChI is InChI=1S/C22H29N3O3S/c1-17-8-7-9-21(16-17)25(29(3,27)28)18(2)22(26)23-19-10-12-20(13-11-19)24-14-5-4-6-15-24/h7-13,16,18H,4-6,14-15H2,1-3H3,(H,23,26). The van der Waals surface area contributed by atoms with Gasteiger partial charge in [-0.3, -0.25) is 9.10 Å². The Morgan fingerprint density at radius 1 is 1.07 bits per heavy atom. The third-order valence-corrected chi connectivity index (χ3v) is 6.44. The zero-order chi connectivity index (χ0) is 21.0. The summed E-state index contributed by atoms with van der Waals surface area (Å²) in [4.78, 5) is 15.2. The van der Waals surface area contributed by atoms with Crippen LogP contribution in [0.25, 0.3) is 0 Å². The number of carbonyl (C=O) groups excluding carboxylic acids is 1. The van der Waals surface area contributed by atoms with E-state index in [-0.39, 0.29) is 5.91 Å². The normalized spacial score (nSPS) is 15.6. The van der Waals surface area contributed by atoms with Crippen LogP contribution in [-0.4, -0.2) is 39.7 Å². The number of benzene rings is 2. The first kappa shape index (κ1) is 21.2. The Kier molecular flexibility index (Phi) is 6.47. The topological polar surface area (TPSA) is 69.7 Å². The molecule has 29 heavy (non-hydrogen) atoms. The molecule has 0 saturated carbocycles. The molecular weight excluding hydrogens is 386 g/mol. The molecule has 0 radical (unpaired) electrons. The lowest BCUT2D eigenvalue weighted by Gasteiger charge is -2.29. The Bertz CT molecular complexity index is 952. The molecule has 1 fully saturated rings. The van der Waals surface area contributed by atoms with Crippen LogP contribution < -0.4 is 14.5 Å². The average Bonchev–Trinajstić information content (AvgIpc) is 2.68. The van der Waals surface area contributed by atoms with Crippen LogP contribution in [0.4, 0.5) is 17.1 Å². The molecule has 2 aromatic carbocycles. The predicted molar refractivity (Wildman–Crippen MR) is 119 cm³/mol. The molecule has 1 atom stereocenters. The van der Waals surface area contributed by atoms with E-state index in [1.165, 1.54) is 19.3 Å². The highest BCUT2D eigenvalue weighted by Crippen LogP contribution is 2.24. The fraction of sp³-hybridized carbons (Fsp3) is 0.409. The van der Waals surface area contributed by atoms with Crippen molar-refractivity contribution in [2.24, 2.45) is 0 Å². The van der Waals surface area contributed by atoms with Crippen LogP contribution in [0.5, 0.6) is 0 Å². The number of nitrogens with zero attached hydrogens (tertiary/aromatic N) is 2. The number of nitrogens with one attached hydrogen (secondary N) is 1. The molecule has 1 aliphatic heterocycles. The maximum absolute atomic E-state index is 12.8. The minimum atomic E-state index is -3.63. The van der Waals surface area contributed by atoms with E-state index in [4.69, 9.17) is 0 Å². The molecule has 1 heterocycles. The molecule has 1 amide bonds. The molecule has 0 bridgehead atoms. The Labute approximate surface area is 173 Å². The summed E-state index contributed by atoms with van der Waals surface area (Å²) >= 11 is 0. The van der Waals surface area contributed by atoms with Crippen LogP contribution in [0, 0.1) is 6.92 Å². The van der Waals surface area contributed by atoms with Crippen molar-refractivity contribution in [2.45, 2.75) is 39.2 Å². The monoisotopic (exact) mass is 415 g/mol. The van der Waals surface area contributed by atoms with Crippen molar-refractivity contribution in [3.8, 4) is 0 Å². The molecule has 1 saturated heterocycles. The molecule has 0 spiro atoms. The van der Waals surface area contributed by atoms with Crippen molar-refractivity contribution < 1.29 is 13.2 Å². The summed E-state index contributed by atoms with van der Waals surface area (Å²) in [6.45, 7) is 5.60. The molecule has 1 aliphatic rings. The van der Waals surface area contributed by atoms with Gasteiger partial charge in [0.15, 0.2) is 0 Å². The first-order valence-electron chi connectivity index (χ1n) is 9.97. The van der Waals surface area contributed by atoms with E-state index < -0.39 is 16.1 Å². The van der Waals surface area contributed by atoms with Gasteiger partial charge < -0.3 is 10.2 Å². The molecule has 1 N–H and O–H groups in total. The summed E-state index contributed by atoms with van der Waals surface area (Å²) in [5, 5.41) is 2.85. The van der Waals surface area contributed by atoms with Crippen LogP contribution in [-0.2, 0) is 14.8 Å². The van der Waals surface area contributed by atoms with Gasteiger partial charge in [0.2, 0.25) is 15.9 Å². The van der Waals surface area contributed by atoms with E-state index in [9.17, 15) is 13.2 Å². The Morgan fingerprint density at radius 2 is 1.72 bits per heavy atom. The summed E-state index contributed by atoms with van der Waals surface area (Å²) in [5.74, 6) is -0.373. The Balaban J connectivity index is 1.74. The average molecular weight is 416 g/mol. The second-order valence-corrected chi connectivity index (χ2v) is 9.52. The number of anilines is 3. The minimum absolute atomic E-state index is 0.373. The highest BCUT2D eigenvalue weighted by Gasteiger charge is 2.29. The molecule has 2 aromatic rings. The smallest absolute Gasteiger partial charge is 0.247 e. The second-order valence-electron chi connectivity index (χ2n) is 7.66. The van der Waals surface area contributed by atoms with E-state index in [1.807, 2.05) is 37.3 Å². The van der Waals surface area contributed by atoms with Crippen molar-refractivity contribution in [1.29, 1.82) is 0 Å². The molecule has 1 unspecified atom stereocenters. The highest BCUT2D eigenvalue weighted by atomic mass is 32.2. The Morgan fingerprint density at radius 3 is 2.31 bits per heavy atom. The van der Waals surface area contributed by atoms with Gasteiger partial charge >= 0.3 is 0 Å². The summed E-state index contributed by atoms with van der Waals surface area (Å²) < 4.78 is 26.0. The largest absolute Gasteiger partial charge is 0.372 e. The van der Waals surface area contributed by atoms with Crippen LogP contribution in [0.3, 0.4) is 0 Å². The van der Waals surface area contributed by atoms with Crippen LogP contribution in [0.2, 0.25) is 0 Å². The summed E-state index contributed by atoms with van der Waals surface area (Å²) in [6.07, 6.45) is 4.80. The van der Waals surface area contributed by atoms with E-state index in [0.717, 1.165) is 34.9 Å². The fourth-order valence-electron chi connectivity index (χ4n) is 3.73. The molecule has 0 aromatic heterocycles. The van der Waals surface area contributed by atoms with Crippen molar-refractivity contribution in [3.05, 3.63) is 54.1 Å². The van der Waals surface area contributed by atoms with Crippen molar-refractivity contribution in [3.63, 3.8) is 0 Å². The Hall–Kier alpha value is -2.54. The first-order valence-corrected chi connectivity index (χ1v) is 11.8. The third-order valence-electron chi connectivity index (χ3n) is 5.20. The van der Waals surface area contributed by atoms with Gasteiger partial charge in [-0.05, 0) is 75.1 Å². The van der Waals surface area contributed by atoms with Crippen LogP contribution in [0.1, 0.15) is 31.7 Å². The van der Waals surface area contributed by atoms with Crippen LogP contribution >= 0.6 is 0 Å². The van der Waals surface area contributed by atoms with Gasteiger partial charge in [0, 0.05) is 24.5 Å². The number of hydrogen-bond acceptors (Lipinski definition) is 4. The molecule has 0 aliphatic carbocycles. The van der Waals surface area contributed by atoms with Gasteiger partial charge in [-0.25, -0.2) is 8.42 Å². The minimum Gasteiger partial charge on any atom is -0.372 e. The summed E-state index contributed by atoms with van der Waals surface area (Å²) in [5.41, 5.74) is 3.21. The number of aryl methyl sites for hydroxylation is 1. The van der Waals surface area contributed by atoms with Crippen molar-refractivity contribution in [2.75, 3.05) is 33.9 Å². The number of piperidine rings is 1. The first-order chi connectivity index (χ1) is 13.8.